The first-order chi connectivity index (χ1) is 10.1. The van der Waals surface area contributed by atoms with Gasteiger partial charge >= 0.3 is 0 Å². The van der Waals surface area contributed by atoms with Crippen LogP contribution in [-0.2, 0) is 4.79 Å². The van der Waals surface area contributed by atoms with E-state index in [0.29, 0.717) is 16.2 Å². The largest absolute Gasteiger partial charge is 0.483 e. The Bertz CT molecular complexity index is 654. The van der Waals surface area contributed by atoms with Gasteiger partial charge in [0.25, 0.3) is 5.91 Å². The molecule has 1 aromatic heterocycles. The molecule has 0 saturated carbocycles. The molecule has 8 heteroatoms. The molecule has 0 aliphatic rings. The summed E-state index contributed by atoms with van der Waals surface area (Å²) >= 11 is 8.64. The number of rotatable bonds is 5. The van der Waals surface area contributed by atoms with Crippen molar-refractivity contribution in [1.29, 1.82) is 0 Å². The number of para-hydroxylation sites is 1. The third-order valence-corrected chi connectivity index (χ3v) is 4.84. The highest BCUT2D eigenvalue weighted by Gasteiger charge is 2.05. The smallest absolute Gasteiger partial charge is 0.277 e. The molecule has 1 N–H and O–H groups in total. The normalized spacial score (nSPS) is 10.8. The fourth-order valence-electron chi connectivity index (χ4n) is 1.33. The molecule has 0 aliphatic heterocycles. The molecule has 21 heavy (non-hydrogen) atoms. The van der Waals surface area contributed by atoms with E-state index in [2.05, 4.69) is 65.0 Å². The third-order valence-electron chi connectivity index (χ3n) is 2.24. The summed E-state index contributed by atoms with van der Waals surface area (Å²) in [5, 5.41) is 3.79. The van der Waals surface area contributed by atoms with Gasteiger partial charge in [-0.3, -0.25) is 4.79 Å². The summed E-state index contributed by atoms with van der Waals surface area (Å²) in [4.78, 5) is 11.6. The summed E-state index contributed by atoms with van der Waals surface area (Å²) in [6.45, 7) is -0.108. The number of benzene rings is 1. The number of nitrogens with one attached hydrogen (secondary N) is 1. The second kappa shape index (κ2) is 7.95. The lowest BCUT2D eigenvalue weighted by Gasteiger charge is -2.06. The van der Waals surface area contributed by atoms with Gasteiger partial charge < -0.3 is 9.15 Å². The maximum absolute atomic E-state index is 11.6. The van der Waals surface area contributed by atoms with Gasteiger partial charge in [-0.2, -0.15) is 5.10 Å². The zero-order chi connectivity index (χ0) is 15.2. The minimum atomic E-state index is -0.351. The fourth-order valence-corrected chi connectivity index (χ4v) is 2.48. The van der Waals surface area contributed by atoms with Crippen LogP contribution < -0.4 is 10.2 Å². The van der Waals surface area contributed by atoms with Crippen LogP contribution in [0.4, 0.5) is 0 Å². The van der Waals surface area contributed by atoms with Gasteiger partial charge in [-0.05, 0) is 66.6 Å². The number of nitrogens with zero attached hydrogens (tertiary/aromatic N) is 1. The Balaban J connectivity index is 1.81. The number of carbonyl (C=O) groups excluding carboxylic acids is 1. The number of hydrazone groups is 1. The highest BCUT2D eigenvalue weighted by molar-refractivity contribution is 14.1. The predicted octanol–water partition coefficient (Wildman–Crippen LogP) is 3.94. The molecule has 1 heterocycles. The predicted molar refractivity (Wildman–Crippen MR) is 94.5 cm³/mol. The first-order valence-electron chi connectivity index (χ1n) is 5.70. The molecule has 0 radical (unpaired) electrons. The molecule has 0 unspecified atom stereocenters. The molecule has 5 nitrogen and oxygen atoms in total. The number of hydrogen-bond acceptors (Lipinski definition) is 4. The van der Waals surface area contributed by atoms with Crippen molar-refractivity contribution in [3.8, 4) is 5.75 Å². The Morgan fingerprint density at radius 3 is 2.86 bits per heavy atom. The number of hydrogen-bond donors (Lipinski definition) is 1. The first-order valence-corrected chi connectivity index (χ1v) is 8.37. The lowest BCUT2D eigenvalue weighted by Crippen LogP contribution is -2.24. The zero-order valence-corrected chi connectivity index (χ0v) is 15.8. The Labute approximate surface area is 151 Å². The second-order valence-corrected chi connectivity index (χ2v) is 6.52. The standard InChI is InChI=1S/C13H9Br2IN2O3/c14-9-5-8(21-13(9)15)6-17-18-12(19)7-20-11-4-2-1-3-10(11)16/h1-6H,7H2,(H,18,19)/b17-6+. The van der Waals surface area contributed by atoms with Crippen molar-refractivity contribution in [2.24, 2.45) is 5.10 Å². The number of carbonyl (C=O) groups is 1. The number of amides is 1. The lowest BCUT2D eigenvalue weighted by molar-refractivity contribution is -0.123. The quantitative estimate of drug-likeness (QED) is 0.364. The van der Waals surface area contributed by atoms with Crippen LogP contribution in [0.1, 0.15) is 5.76 Å². The van der Waals surface area contributed by atoms with Crippen LogP contribution in [0.5, 0.6) is 5.75 Å². The Morgan fingerprint density at radius 1 is 1.43 bits per heavy atom. The van der Waals surface area contributed by atoms with Gasteiger partial charge in [0.05, 0.1) is 14.3 Å². The van der Waals surface area contributed by atoms with Gasteiger partial charge in [0.2, 0.25) is 0 Å². The van der Waals surface area contributed by atoms with Gasteiger partial charge in [-0.15, -0.1) is 0 Å². The molecular formula is C13H9Br2IN2O3. The third kappa shape index (κ3) is 5.11. The van der Waals surface area contributed by atoms with Crippen LogP contribution in [0, 0.1) is 3.57 Å². The van der Waals surface area contributed by atoms with Crippen molar-refractivity contribution < 1.29 is 13.9 Å². The van der Waals surface area contributed by atoms with Crippen LogP contribution in [0.2, 0.25) is 0 Å². The first kappa shape index (κ1) is 16.5. The molecule has 0 fully saturated rings. The topological polar surface area (TPSA) is 63.8 Å². The summed E-state index contributed by atoms with van der Waals surface area (Å²) in [7, 11) is 0. The molecule has 0 spiro atoms. The zero-order valence-electron chi connectivity index (χ0n) is 10.5. The van der Waals surface area contributed by atoms with Gasteiger partial charge in [0, 0.05) is 6.07 Å². The van der Waals surface area contributed by atoms with Gasteiger partial charge in [0.1, 0.15) is 11.5 Å². The molecule has 0 saturated heterocycles. The van der Waals surface area contributed by atoms with Crippen LogP contribution in [0.25, 0.3) is 0 Å². The average Bonchev–Trinajstić information content (AvgIpc) is 2.77. The van der Waals surface area contributed by atoms with Crippen LogP contribution in [0.3, 0.4) is 0 Å². The molecule has 110 valence electrons. The molecule has 2 rings (SSSR count). The van der Waals surface area contributed by atoms with Crippen molar-refractivity contribution in [3.05, 3.63) is 48.8 Å². The molecule has 1 amide bonds. The van der Waals surface area contributed by atoms with E-state index < -0.39 is 0 Å². The van der Waals surface area contributed by atoms with Crippen LogP contribution in [0.15, 0.2) is 49.0 Å². The minimum absolute atomic E-state index is 0.108. The van der Waals surface area contributed by atoms with E-state index in [1.54, 1.807) is 12.1 Å². The molecule has 0 aliphatic carbocycles. The van der Waals surface area contributed by atoms with E-state index in [4.69, 9.17) is 9.15 Å². The molecular weight excluding hydrogens is 519 g/mol. The van der Waals surface area contributed by atoms with E-state index in [-0.39, 0.29) is 12.5 Å². The van der Waals surface area contributed by atoms with Crippen LogP contribution in [-0.4, -0.2) is 18.7 Å². The number of furan rings is 1. The van der Waals surface area contributed by atoms with Crippen molar-refractivity contribution in [2.75, 3.05) is 6.61 Å². The van der Waals surface area contributed by atoms with E-state index in [1.165, 1.54) is 6.21 Å². The summed E-state index contributed by atoms with van der Waals surface area (Å²) in [5.74, 6) is 0.819. The molecule has 0 atom stereocenters. The van der Waals surface area contributed by atoms with E-state index in [1.807, 2.05) is 18.2 Å². The molecule has 1 aromatic carbocycles. The summed E-state index contributed by atoms with van der Waals surface area (Å²) < 4.78 is 13.0. The van der Waals surface area contributed by atoms with E-state index in [9.17, 15) is 4.79 Å². The second-order valence-electron chi connectivity index (χ2n) is 3.78. The monoisotopic (exact) mass is 526 g/mol. The fraction of sp³-hybridized carbons (Fsp3) is 0.0769. The average molecular weight is 528 g/mol. The Hall–Kier alpha value is -0.870. The SMILES string of the molecule is O=C(COc1ccccc1I)N/N=C/c1cc(Br)c(Br)o1. The van der Waals surface area contributed by atoms with Crippen molar-refractivity contribution >= 4 is 66.6 Å². The van der Waals surface area contributed by atoms with Gasteiger partial charge in [0.15, 0.2) is 11.3 Å². The highest BCUT2D eigenvalue weighted by Crippen LogP contribution is 2.25. The Morgan fingerprint density at radius 2 is 2.19 bits per heavy atom. The highest BCUT2D eigenvalue weighted by atomic mass is 127. The summed E-state index contributed by atoms with van der Waals surface area (Å²) in [6.07, 6.45) is 1.40. The summed E-state index contributed by atoms with van der Waals surface area (Å²) in [5.41, 5.74) is 2.36. The van der Waals surface area contributed by atoms with Gasteiger partial charge in [-0.1, -0.05) is 12.1 Å². The van der Waals surface area contributed by atoms with E-state index in [0.717, 1.165) is 8.04 Å². The van der Waals surface area contributed by atoms with Gasteiger partial charge in [-0.25, -0.2) is 5.43 Å². The number of ether oxygens (including phenoxy) is 1. The van der Waals surface area contributed by atoms with E-state index >= 15 is 0 Å². The maximum atomic E-state index is 11.6. The lowest BCUT2D eigenvalue weighted by atomic mass is 10.3. The minimum Gasteiger partial charge on any atom is -0.483 e. The molecule has 2 aromatic rings. The Kier molecular flexibility index (Phi) is 6.24. The van der Waals surface area contributed by atoms with Crippen molar-refractivity contribution in [2.45, 2.75) is 0 Å². The summed E-state index contributed by atoms with van der Waals surface area (Å²) in [6, 6.07) is 9.18. The molecule has 0 bridgehead atoms. The van der Waals surface area contributed by atoms with Crippen LogP contribution >= 0.6 is 54.5 Å². The maximum Gasteiger partial charge on any atom is 0.277 e. The van der Waals surface area contributed by atoms with Crippen molar-refractivity contribution in [1.82, 2.24) is 5.43 Å². The van der Waals surface area contributed by atoms with Crippen molar-refractivity contribution in [3.63, 3.8) is 0 Å². The number of halogens is 3.